The molecule has 0 aromatic carbocycles. The second-order valence-electron chi connectivity index (χ2n) is 3.68. The van der Waals surface area contributed by atoms with Crippen molar-refractivity contribution < 1.29 is 12.4 Å². The topological polar surface area (TPSA) is 0 Å². The number of hydrogen-bond acceptors (Lipinski definition) is 0. The Bertz CT molecular complexity index is 66.5. The second-order valence-corrected chi connectivity index (χ2v) is 4.39. The molecule has 0 aromatic rings. The third kappa shape index (κ3) is 15.5. The van der Waals surface area contributed by atoms with E-state index in [1.54, 1.807) is 0 Å². The Labute approximate surface area is 92.9 Å². The average molecular weight is 225 g/mol. The maximum absolute atomic E-state index is 2.28. The summed E-state index contributed by atoms with van der Waals surface area (Å²) < 4.78 is 0. The molecule has 1 unspecified atom stereocenters. The van der Waals surface area contributed by atoms with Crippen molar-refractivity contribution in [1.82, 2.24) is 0 Å². The Balaban J connectivity index is 0. The van der Waals surface area contributed by atoms with Gasteiger partial charge in [-0.25, -0.2) is 0 Å². The van der Waals surface area contributed by atoms with E-state index in [4.69, 9.17) is 0 Å². The van der Waals surface area contributed by atoms with E-state index in [-0.39, 0.29) is 12.4 Å². The van der Waals surface area contributed by atoms with E-state index >= 15 is 0 Å². The van der Waals surface area contributed by atoms with Gasteiger partial charge in [0, 0.05) is 0 Å². The Morgan fingerprint density at radius 1 is 0.692 bits per heavy atom. The molecule has 1 atom stereocenters. The number of hydrogen-bond donors (Lipinski definition) is 0. The van der Waals surface area contributed by atoms with Gasteiger partial charge in [-0.3, -0.25) is 0 Å². The summed E-state index contributed by atoms with van der Waals surface area (Å²) in [7, 11) is 2.11. The fourth-order valence-electron chi connectivity index (χ4n) is 1.49. The van der Waals surface area contributed by atoms with Crippen molar-refractivity contribution in [2.24, 2.45) is 0 Å². The molecule has 0 nitrogen and oxygen atoms in total. The molecule has 2 heteroatoms. The minimum absolute atomic E-state index is 0. The Morgan fingerprint density at radius 3 is 1.46 bits per heavy atom. The monoisotopic (exact) mass is 224 g/mol. The fourth-order valence-corrected chi connectivity index (χ4v) is 1.84. The maximum atomic E-state index is 2.28. The molecule has 0 saturated carbocycles. The Kier molecular flexibility index (Phi) is 18.9. The van der Waals surface area contributed by atoms with Crippen LogP contribution in [0.4, 0.5) is 0 Å². The van der Waals surface area contributed by atoms with Gasteiger partial charge in [0.2, 0.25) is 0 Å². The molecule has 0 amide bonds. The molecular formula is C11H26ClP. The molecule has 0 aliphatic rings. The van der Waals surface area contributed by atoms with Crippen LogP contribution < -0.4 is 12.4 Å². The summed E-state index contributed by atoms with van der Waals surface area (Å²) in [5.74, 6) is 0. The third-order valence-corrected chi connectivity index (χ3v) is 2.85. The zero-order valence-electron chi connectivity index (χ0n) is 9.16. The van der Waals surface area contributed by atoms with Crippen molar-refractivity contribution in [3.63, 3.8) is 0 Å². The molecule has 0 bridgehead atoms. The molecule has 0 heterocycles. The summed E-state index contributed by atoms with van der Waals surface area (Å²) in [5, 5.41) is 0. The van der Waals surface area contributed by atoms with E-state index in [1.807, 2.05) is 0 Å². The lowest BCUT2D eigenvalue weighted by molar-refractivity contribution is -0.00000264. The van der Waals surface area contributed by atoms with Gasteiger partial charge in [-0.1, -0.05) is 51.9 Å². The summed E-state index contributed by atoms with van der Waals surface area (Å²) in [6.45, 7) is 2.28. The van der Waals surface area contributed by atoms with Crippen molar-refractivity contribution in [2.45, 2.75) is 64.7 Å². The van der Waals surface area contributed by atoms with Gasteiger partial charge in [0.15, 0.2) is 0 Å². The standard InChI is InChI=1S/C11H25P.ClH/c1-2-3-4-5-6-7-8-9-10-11-12;/h2-12H2,1H3;1H. The Hall–Kier alpha value is 0.720. The molecule has 0 aromatic heterocycles. The van der Waals surface area contributed by atoms with Crippen LogP contribution in [0.5, 0.6) is 0 Å². The highest BCUT2D eigenvalue weighted by Gasteiger charge is 1.90. The van der Waals surface area contributed by atoms with Gasteiger partial charge < -0.3 is 12.4 Å². The first-order valence-corrected chi connectivity index (χ1v) is 6.71. The van der Waals surface area contributed by atoms with Gasteiger partial charge in [0.05, 0.1) is 6.16 Å². The first-order valence-electron chi connectivity index (χ1n) is 5.71. The Morgan fingerprint density at radius 2 is 1.08 bits per heavy atom. The highest BCUT2D eigenvalue weighted by atomic mass is 35.5. The lowest BCUT2D eigenvalue weighted by Crippen LogP contribution is -3.00. The normalized spacial score (nSPS) is 9.92. The lowest BCUT2D eigenvalue weighted by Gasteiger charge is -1.99. The van der Waals surface area contributed by atoms with Crippen LogP contribution in [0.2, 0.25) is 0 Å². The second kappa shape index (κ2) is 15.2. The van der Waals surface area contributed by atoms with Gasteiger partial charge in [-0.15, -0.1) is 0 Å². The zero-order chi connectivity index (χ0) is 9.07. The van der Waals surface area contributed by atoms with Gasteiger partial charge in [0.1, 0.15) is 0 Å². The minimum atomic E-state index is 0. The summed E-state index contributed by atoms with van der Waals surface area (Å²) in [6, 6.07) is 0. The van der Waals surface area contributed by atoms with Crippen molar-refractivity contribution in [2.75, 3.05) is 6.16 Å². The van der Waals surface area contributed by atoms with Crippen molar-refractivity contribution in [3.05, 3.63) is 0 Å². The summed E-state index contributed by atoms with van der Waals surface area (Å²) in [6.07, 6.45) is 14.5. The highest BCUT2D eigenvalue weighted by Crippen LogP contribution is 2.09. The van der Waals surface area contributed by atoms with Crippen LogP contribution in [-0.4, -0.2) is 6.16 Å². The van der Waals surface area contributed by atoms with E-state index in [0.29, 0.717) is 0 Å². The van der Waals surface area contributed by atoms with Crippen LogP contribution in [-0.2, 0) is 0 Å². The lowest BCUT2D eigenvalue weighted by atomic mass is 10.1. The van der Waals surface area contributed by atoms with E-state index in [1.165, 1.54) is 63.9 Å². The van der Waals surface area contributed by atoms with Gasteiger partial charge in [-0.05, 0) is 22.1 Å². The molecule has 0 fully saturated rings. The number of unbranched alkanes of at least 4 members (excludes halogenated alkanes) is 8. The smallest absolute Gasteiger partial charge is 0.0526 e. The van der Waals surface area contributed by atoms with Crippen LogP contribution in [0.25, 0.3) is 0 Å². The van der Waals surface area contributed by atoms with Gasteiger partial charge in [-0.2, -0.15) is 0 Å². The summed E-state index contributed by atoms with van der Waals surface area (Å²) in [5.41, 5.74) is 0. The van der Waals surface area contributed by atoms with Crippen molar-refractivity contribution >= 4 is 9.24 Å². The molecule has 0 radical (unpaired) electrons. The first-order chi connectivity index (χ1) is 5.91. The molecule has 0 saturated heterocycles. The molecule has 0 N–H and O–H groups in total. The highest BCUT2D eigenvalue weighted by molar-refractivity contribution is 7.16. The summed E-state index contributed by atoms with van der Waals surface area (Å²) in [4.78, 5) is 0. The van der Waals surface area contributed by atoms with Gasteiger partial charge >= 0.3 is 0 Å². The van der Waals surface area contributed by atoms with Gasteiger partial charge in [0.25, 0.3) is 0 Å². The predicted octanol–water partition coefficient (Wildman–Crippen LogP) is 1.13. The predicted molar refractivity (Wildman–Crippen MR) is 63.2 cm³/mol. The molecule has 13 heavy (non-hydrogen) atoms. The van der Waals surface area contributed by atoms with Crippen LogP contribution in [0.3, 0.4) is 0 Å². The fraction of sp³-hybridized carbons (Fsp3) is 1.00. The van der Waals surface area contributed by atoms with E-state index < -0.39 is 0 Å². The SMILES string of the molecule is CCCCCCCCCCC[PH3+].[Cl-]. The minimum Gasteiger partial charge on any atom is -1.00 e. The van der Waals surface area contributed by atoms with E-state index in [2.05, 4.69) is 16.2 Å². The molecule has 82 valence electrons. The summed E-state index contributed by atoms with van der Waals surface area (Å²) >= 11 is 0. The quantitative estimate of drug-likeness (QED) is 0.407. The zero-order valence-corrected chi connectivity index (χ0v) is 11.3. The number of halogens is 1. The van der Waals surface area contributed by atoms with Crippen LogP contribution in [0.1, 0.15) is 64.7 Å². The van der Waals surface area contributed by atoms with Crippen LogP contribution in [0, 0.1) is 0 Å². The molecule has 0 aliphatic heterocycles. The van der Waals surface area contributed by atoms with E-state index in [9.17, 15) is 0 Å². The molecule has 0 aliphatic carbocycles. The molecular weight excluding hydrogens is 199 g/mol. The maximum Gasteiger partial charge on any atom is 0.0526 e. The largest absolute Gasteiger partial charge is 1.00 e. The van der Waals surface area contributed by atoms with Crippen molar-refractivity contribution in [1.29, 1.82) is 0 Å². The third-order valence-electron chi connectivity index (χ3n) is 2.35. The van der Waals surface area contributed by atoms with Crippen LogP contribution in [0.15, 0.2) is 0 Å². The van der Waals surface area contributed by atoms with E-state index in [0.717, 1.165) is 0 Å². The first kappa shape index (κ1) is 16.2. The van der Waals surface area contributed by atoms with Crippen LogP contribution >= 0.6 is 9.24 Å². The average Bonchev–Trinajstić information content (AvgIpc) is 2.10. The van der Waals surface area contributed by atoms with Crippen molar-refractivity contribution in [3.8, 4) is 0 Å². The number of rotatable bonds is 9. The molecule has 0 spiro atoms. The molecule has 0 rings (SSSR count).